The third-order valence-electron chi connectivity index (χ3n) is 2.67. The van der Waals surface area contributed by atoms with Gasteiger partial charge in [0.05, 0.1) is 31.4 Å². The minimum absolute atomic E-state index is 0.0374. The molecule has 0 atom stereocenters. The number of halogens is 1. The maximum absolute atomic E-state index is 9.37. The molecule has 0 fully saturated rings. The highest BCUT2D eigenvalue weighted by Gasteiger charge is 2.12. The number of methoxy groups -OCH3 is 2. The number of hydrogen-bond acceptors (Lipinski definition) is 6. The molecule has 0 aliphatic rings. The lowest BCUT2D eigenvalue weighted by atomic mass is 10.2. The zero-order valence-electron chi connectivity index (χ0n) is 11.1. The number of nitrogens with zero attached hydrogens (tertiary/aromatic N) is 2. The van der Waals surface area contributed by atoms with Crippen molar-refractivity contribution in [3.8, 4) is 17.5 Å². The van der Waals surface area contributed by atoms with E-state index in [9.17, 15) is 5.11 Å². The number of benzene rings is 1. The molecular formula is C13H14ClN3O3. The van der Waals surface area contributed by atoms with Crippen LogP contribution in [-0.4, -0.2) is 29.3 Å². The molecule has 0 saturated heterocycles. The van der Waals surface area contributed by atoms with Crippen molar-refractivity contribution >= 4 is 17.3 Å². The first-order chi connectivity index (χ1) is 9.65. The molecule has 0 spiro atoms. The van der Waals surface area contributed by atoms with Crippen molar-refractivity contribution in [3.05, 3.63) is 35.1 Å². The first-order valence-corrected chi connectivity index (χ1v) is 6.17. The fraction of sp³-hybridized carbons (Fsp3) is 0.231. The fourth-order valence-electron chi connectivity index (χ4n) is 1.69. The van der Waals surface area contributed by atoms with E-state index in [0.717, 1.165) is 5.69 Å². The van der Waals surface area contributed by atoms with Gasteiger partial charge in [-0.1, -0.05) is 11.6 Å². The van der Waals surface area contributed by atoms with Crippen LogP contribution < -0.4 is 14.8 Å². The van der Waals surface area contributed by atoms with Crippen LogP contribution >= 0.6 is 11.6 Å². The van der Waals surface area contributed by atoms with Gasteiger partial charge in [0.1, 0.15) is 12.1 Å². The van der Waals surface area contributed by atoms with Crippen molar-refractivity contribution in [1.82, 2.24) is 9.97 Å². The van der Waals surface area contributed by atoms with E-state index in [2.05, 4.69) is 15.3 Å². The van der Waals surface area contributed by atoms with Crippen molar-refractivity contribution in [3.63, 3.8) is 0 Å². The summed E-state index contributed by atoms with van der Waals surface area (Å²) in [6.45, 7) is 0.397. The number of nitrogens with one attached hydrogen (secondary N) is 1. The summed E-state index contributed by atoms with van der Waals surface area (Å²) in [5.41, 5.74) is 1.45. The Hall–Kier alpha value is -2.21. The lowest BCUT2D eigenvalue weighted by Crippen LogP contribution is -2.06. The third-order valence-corrected chi connectivity index (χ3v) is 2.97. The summed E-state index contributed by atoms with van der Waals surface area (Å²) in [6, 6.07) is 4.85. The van der Waals surface area contributed by atoms with E-state index in [0.29, 0.717) is 23.9 Å². The molecule has 0 radical (unpaired) electrons. The van der Waals surface area contributed by atoms with Crippen LogP contribution in [0, 0.1) is 0 Å². The predicted octanol–water partition coefficient (Wildman–Crippen LogP) is 2.46. The van der Waals surface area contributed by atoms with Gasteiger partial charge < -0.3 is 19.9 Å². The standard InChI is InChI=1S/C13H14ClN3O3/c1-19-12-9(13(20-2)17-7-16-12)6-15-8-3-4-11(18)10(14)5-8/h3-5,7,15,18H,6H2,1-2H3. The molecular weight excluding hydrogens is 282 g/mol. The smallest absolute Gasteiger partial charge is 0.225 e. The molecule has 2 rings (SSSR count). The number of phenols is 1. The number of anilines is 1. The topological polar surface area (TPSA) is 76.5 Å². The van der Waals surface area contributed by atoms with Crippen LogP contribution in [0.25, 0.3) is 0 Å². The molecule has 7 heteroatoms. The zero-order valence-corrected chi connectivity index (χ0v) is 11.8. The van der Waals surface area contributed by atoms with Gasteiger partial charge in [-0.3, -0.25) is 0 Å². The van der Waals surface area contributed by atoms with Gasteiger partial charge in [-0.25, -0.2) is 9.97 Å². The Balaban J connectivity index is 2.19. The summed E-state index contributed by atoms with van der Waals surface area (Å²) in [4.78, 5) is 8.06. The van der Waals surface area contributed by atoms with Gasteiger partial charge in [-0.05, 0) is 18.2 Å². The molecule has 6 nitrogen and oxygen atoms in total. The van der Waals surface area contributed by atoms with Gasteiger partial charge in [0.15, 0.2) is 0 Å². The predicted molar refractivity (Wildman–Crippen MR) is 75.6 cm³/mol. The molecule has 1 heterocycles. The number of hydrogen-bond donors (Lipinski definition) is 2. The van der Waals surface area contributed by atoms with Gasteiger partial charge in [0, 0.05) is 5.69 Å². The average molecular weight is 296 g/mol. The summed E-state index contributed by atoms with van der Waals surface area (Å²) in [7, 11) is 3.06. The number of phenolic OH excluding ortho intramolecular Hbond substituents is 1. The molecule has 0 saturated carbocycles. The lowest BCUT2D eigenvalue weighted by molar-refractivity contribution is 0.363. The lowest BCUT2D eigenvalue weighted by Gasteiger charge is -2.12. The first kappa shape index (κ1) is 14.2. The normalized spacial score (nSPS) is 10.2. The summed E-state index contributed by atoms with van der Waals surface area (Å²) in [6.07, 6.45) is 1.37. The highest BCUT2D eigenvalue weighted by molar-refractivity contribution is 6.32. The maximum atomic E-state index is 9.37. The van der Waals surface area contributed by atoms with Crippen molar-refractivity contribution in [2.75, 3.05) is 19.5 Å². The van der Waals surface area contributed by atoms with Crippen LogP contribution in [0.5, 0.6) is 17.5 Å². The molecule has 2 aromatic rings. The largest absolute Gasteiger partial charge is 0.506 e. The Morgan fingerprint density at radius 1 is 1.20 bits per heavy atom. The molecule has 0 aliphatic carbocycles. The Labute approximate surface area is 121 Å². The second-order valence-electron chi connectivity index (χ2n) is 3.89. The Morgan fingerprint density at radius 3 is 2.40 bits per heavy atom. The highest BCUT2D eigenvalue weighted by atomic mass is 35.5. The second kappa shape index (κ2) is 6.29. The molecule has 20 heavy (non-hydrogen) atoms. The van der Waals surface area contributed by atoms with Crippen molar-refractivity contribution in [2.24, 2.45) is 0 Å². The number of rotatable bonds is 5. The molecule has 1 aromatic carbocycles. The van der Waals surface area contributed by atoms with E-state index < -0.39 is 0 Å². The molecule has 0 bridgehead atoms. The molecule has 106 valence electrons. The number of ether oxygens (including phenoxy) is 2. The Bertz CT molecular complexity index is 585. The molecule has 1 aromatic heterocycles. The quantitative estimate of drug-likeness (QED) is 0.825. The van der Waals surface area contributed by atoms with E-state index in [1.807, 2.05) is 0 Å². The van der Waals surface area contributed by atoms with Crippen molar-refractivity contribution < 1.29 is 14.6 Å². The molecule has 0 aliphatic heterocycles. The van der Waals surface area contributed by atoms with Crippen LogP contribution in [-0.2, 0) is 6.54 Å². The van der Waals surface area contributed by atoms with Crippen LogP contribution in [0.3, 0.4) is 0 Å². The van der Waals surface area contributed by atoms with E-state index in [4.69, 9.17) is 21.1 Å². The average Bonchev–Trinajstić information content (AvgIpc) is 2.48. The zero-order chi connectivity index (χ0) is 14.5. The van der Waals surface area contributed by atoms with Crippen molar-refractivity contribution in [2.45, 2.75) is 6.54 Å². The number of aromatic nitrogens is 2. The van der Waals surface area contributed by atoms with E-state index in [1.165, 1.54) is 26.6 Å². The van der Waals surface area contributed by atoms with Crippen LogP contribution in [0.4, 0.5) is 5.69 Å². The summed E-state index contributed by atoms with van der Waals surface area (Å²) in [5.74, 6) is 0.916. The van der Waals surface area contributed by atoms with Gasteiger partial charge in [0.2, 0.25) is 11.8 Å². The first-order valence-electron chi connectivity index (χ1n) is 5.80. The van der Waals surface area contributed by atoms with Crippen LogP contribution in [0.15, 0.2) is 24.5 Å². The monoisotopic (exact) mass is 295 g/mol. The summed E-state index contributed by atoms with van der Waals surface area (Å²) >= 11 is 5.85. The Morgan fingerprint density at radius 2 is 1.85 bits per heavy atom. The highest BCUT2D eigenvalue weighted by Crippen LogP contribution is 2.28. The van der Waals surface area contributed by atoms with Gasteiger partial charge in [-0.2, -0.15) is 0 Å². The fourth-order valence-corrected chi connectivity index (χ4v) is 1.87. The van der Waals surface area contributed by atoms with E-state index >= 15 is 0 Å². The SMILES string of the molecule is COc1ncnc(OC)c1CNc1ccc(O)c(Cl)c1. The van der Waals surface area contributed by atoms with Crippen LogP contribution in [0.1, 0.15) is 5.56 Å². The van der Waals surface area contributed by atoms with Gasteiger partial charge in [0.25, 0.3) is 0 Å². The summed E-state index contributed by atoms with van der Waals surface area (Å²) in [5, 5.41) is 12.8. The van der Waals surface area contributed by atoms with E-state index in [1.54, 1.807) is 12.1 Å². The van der Waals surface area contributed by atoms with Gasteiger partial charge in [-0.15, -0.1) is 0 Å². The van der Waals surface area contributed by atoms with Gasteiger partial charge >= 0.3 is 0 Å². The minimum atomic E-state index is 0.0374. The van der Waals surface area contributed by atoms with E-state index in [-0.39, 0.29) is 10.8 Å². The third kappa shape index (κ3) is 3.03. The molecule has 2 N–H and O–H groups in total. The second-order valence-corrected chi connectivity index (χ2v) is 4.30. The summed E-state index contributed by atoms with van der Waals surface area (Å²) < 4.78 is 10.4. The molecule has 0 unspecified atom stereocenters. The molecule has 0 amide bonds. The van der Waals surface area contributed by atoms with Crippen LogP contribution in [0.2, 0.25) is 5.02 Å². The maximum Gasteiger partial charge on any atom is 0.225 e. The number of aromatic hydroxyl groups is 1. The van der Waals surface area contributed by atoms with Crippen molar-refractivity contribution in [1.29, 1.82) is 0 Å². The Kier molecular flexibility index (Phi) is 4.47. The minimum Gasteiger partial charge on any atom is -0.506 e.